The van der Waals surface area contributed by atoms with Crippen LogP contribution in [0.1, 0.15) is 11.1 Å². The van der Waals surface area contributed by atoms with Crippen LogP contribution in [0.5, 0.6) is 0 Å². The minimum absolute atomic E-state index is 0.729. The van der Waals surface area contributed by atoms with Crippen LogP contribution in [0.3, 0.4) is 0 Å². The normalized spacial score (nSPS) is 11.2. The molecule has 0 saturated heterocycles. The number of fused-ring (bicyclic) bond motifs is 5. The van der Waals surface area contributed by atoms with E-state index in [-0.39, 0.29) is 0 Å². The van der Waals surface area contributed by atoms with Gasteiger partial charge < -0.3 is 4.40 Å². The number of nitrogens with zero attached hydrogens (tertiary/aromatic N) is 2. The van der Waals surface area contributed by atoms with Crippen molar-refractivity contribution in [1.29, 1.82) is 5.26 Å². The highest BCUT2D eigenvalue weighted by atomic mass is 14.9. The van der Waals surface area contributed by atoms with E-state index in [0.29, 0.717) is 0 Å². The van der Waals surface area contributed by atoms with Crippen LogP contribution >= 0.6 is 0 Å². The number of rotatable bonds is 0. The summed E-state index contributed by atoms with van der Waals surface area (Å²) in [5.41, 5.74) is 5.32. The SMILES string of the molecule is Cc1ccc2c(c1)cc1cc(C#N)c3ccccc3n12. The van der Waals surface area contributed by atoms with Crippen molar-refractivity contribution in [3.63, 3.8) is 0 Å². The smallest absolute Gasteiger partial charge is 0.0999 e. The number of hydrogen-bond donors (Lipinski definition) is 0. The molecular weight excluding hydrogens is 244 g/mol. The zero-order chi connectivity index (χ0) is 13.7. The Morgan fingerprint density at radius 3 is 2.65 bits per heavy atom. The molecule has 0 atom stereocenters. The Hall–Kier alpha value is -2.79. The van der Waals surface area contributed by atoms with Crippen LogP contribution in [-0.2, 0) is 0 Å². The predicted molar refractivity (Wildman–Crippen MR) is 81.9 cm³/mol. The molecule has 0 saturated carbocycles. The average molecular weight is 256 g/mol. The Labute approximate surface area is 116 Å². The van der Waals surface area contributed by atoms with E-state index < -0.39 is 0 Å². The highest BCUT2D eigenvalue weighted by Crippen LogP contribution is 2.28. The molecule has 4 rings (SSSR count). The van der Waals surface area contributed by atoms with Crippen LogP contribution in [0.4, 0.5) is 0 Å². The molecule has 0 fully saturated rings. The molecule has 2 heterocycles. The van der Waals surface area contributed by atoms with E-state index in [9.17, 15) is 5.26 Å². The molecule has 0 aliphatic rings. The van der Waals surface area contributed by atoms with E-state index in [2.05, 4.69) is 47.7 Å². The van der Waals surface area contributed by atoms with E-state index in [1.165, 1.54) is 16.5 Å². The molecule has 0 amide bonds. The molecule has 2 aromatic heterocycles. The van der Waals surface area contributed by atoms with Crippen molar-refractivity contribution in [3.05, 3.63) is 65.7 Å². The third-order valence-electron chi connectivity index (χ3n) is 3.83. The van der Waals surface area contributed by atoms with Crippen LogP contribution in [0.15, 0.2) is 54.6 Å². The highest BCUT2D eigenvalue weighted by molar-refractivity contribution is 5.97. The van der Waals surface area contributed by atoms with Gasteiger partial charge in [0.15, 0.2) is 0 Å². The van der Waals surface area contributed by atoms with Crippen LogP contribution in [0.2, 0.25) is 0 Å². The van der Waals surface area contributed by atoms with Gasteiger partial charge in [0.2, 0.25) is 0 Å². The van der Waals surface area contributed by atoms with Crippen LogP contribution < -0.4 is 0 Å². The van der Waals surface area contributed by atoms with Gasteiger partial charge in [-0.1, -0.05) is 29.8 Å². The molecule has 0 spiro atoms. The fraction of sp³-hybridized carbons (Fsp3) is 0.0556. The second kappa shape index (κ2) is 3.85. The molecular formula is C18H12N2. The first-order valence-electron chi connectivity index (χ1n) is 6.61. The maximum absolute atomic E-state index is 9.35. The molecule has 0 radical (unpaired) electrons. The number of nitriles is 1. The third kappa shape index (κ3) is 1.38. The van der Waals surface area contributed by atoms with Crippen molar-refractivity contribution in [2.45, 2.75) is 6.92 Å². The summed E-state index contributed by atoms with van der Waals surface area (Å²) in [5.74, 6) is 0. The Kier molecular flexibility index (Phi) is 2.13. The Morgan fingerprint density at radius 1 is 0.950 bits per heavy atom. The maximum atomic E-state index is 9.35. The van der Waals surface area contributed by atoms with Crippen molar-refractivity contribution < 1.29 is 0 Å². The molecule has 2 nitrogen and oxygen atoms in total. The third-order valence-corrected chi connectivity index (χ3v) is 3.83. The first kappa shape index (κ1) is 11.1. The lowest BCUT2D eigenvalue weighted by atomic mass is 10.1. The summed E-state index contributed by atoms with van der Waals surface area (Å²) < 4.78 is 2.23. The van der Waals surface area contributed by atoms with E-state index >= 15 is 0 Å². The zero-order valence-corrected chi connectivity index (χ0v) is 11.1. The monoisotopic (exact) mass is 256 g/mol. The molecule has 0 aliphatic carbocycles. The van der Waals surface area contributed by atoms with Gasteiger partial charge in [-0.25, -0.2) is 0 Å². The molecule has 94 valence electrons. The number of hydrogen-bond acceptors (Lipinski definition) is 1. The molecule has 4 aromatic rings. The van der Waals surface area contributed by atoms with Gasteiger partial charge in [-0.2, -0.15) is 5.26 Å². The van der Waals surface area contributed by atoms with Gasteiger partial charge in [0.1, 0.15) is 0 Å². The topological polar surface area (TPSA) is 28.2 Å². The summed E-state index contributed by atoms with van der Waals surface area (Å²) in [6.07, 6.45) is 0. The van der Waals surface area contributed by atoms with Crippen LogP contribution in [0, 0.1) is 18.3 Å². The molecule has 0 bridgehead atoms. The second-order valence-corrected chi connectivity index (χ2v) is 5.15. The van der Waals surface area contributed by atoms with Crippen molar-refractivity contribution in [2.24, 2.45) is 0 Å². The number of pyridine rings is 1. The Balaban J connectivity index is 2.34. The van der Waals surface area contributed by atoms with E-state index in [0.717, 1.165) is 22.0 Å². The Bertz CT molecular complexity index is 1020. The molecule has 2 heteroatoms. The van der Waals surface area contributed by atoms with Gasteiger partial charge in [-0.15, -0.1) is 0 Å². The molecule has 0 aliphatic heterocycles. The molecule has 0 unspecified atom stereocenters. The summed E-state index contributed by atoms with van der Waals surface area (Å²) in [6.45, 7) is 2.10. The fourth-order valence-electron chi connectivity index (χ4n) is 2.95. The zero-order valence-electron chi connectivity index (χ0n) is 11.1. The van der Waals surface area contributed by atoms with E-state index in [1.54, 1.807) is 0 Å². The quantitative estimate of drug-likeness (QED) is 0.457. The summed E-state index contributed by atoms with van der Waals surface area (Å²) in [4.78, 5) is 0. The first-order valence-corrected chi connectivity index (χ1v) is 6.61. The average Bonchev–Trinajstić information content (AvgIpc) is 2.83. The predicted octanol–water partition coefficient (Wildman–Crippen LogP) is 4.43. The van der Waals surface area contributed by atoms with E-state index in [4.69, 9.17) is 0 Å². The van der Waals surface area contributed by atoms with Gasteiger partial charge in [-0.3, -0.25) is 0 Å². The number of para-hydroxylation sites is 1. The van der Waals surface area contributed by atoms with Crippen LogP contribution in [-0.4, -0.2) is 4.40 Å². The fourth-order valence-corrected chi connectivity index (χ4v) is 2.95. The lowest BCUT2D eigenvalue weighted by molar-refractivity contribution is 1.32. The van der Waals surface area contributed by atoms with Crippen molar-refractivity contribution in [2.75, 3.05) is 0 Å². The molecule has 0 N–H and O–H groups in total. The highest BCUT2D eigenvalue weighted by Gasteiger charge is 2.09. The van der Waals surface area contributed by atoms with Gasteiger partial charge in [0.25, 0.3) is 0 Å². The van der Waals surface area contributed by atoms with Gasteiger partial charge in [-0.05, 0) is 37.3 Å². The van der Waals surface area contributed by atoms with E-state index in [1.807, 2.05) is 24.3 Å². The van der Waals surface area contributed by atoms with Crippen molar-refractivity contribution in [3.8, 4) is 6.07 Å². The minimum atomic E-state index is 0.729. The minimum Gasteiger partial charge on any atom is -0.309 e. The summed E-state index contributed by atoms with van der Waals surface area (Å²) in [6, 6.07) is 21.0. The molecule has 2 aromatic carbocycles. The number of benzene rings is 2. The summed E-state index contributed by atoms with van der Waals surface area (Å²) in [7, 11) is 0. The lowest BCUT2D eigenvalue weighted by Crippen LogP contribution is -1.90. The second-order valence-electron chi connectivity index (χ2n) is 5.15. The van der Waals surface area contributed by atoms with Gasteiger partial charge >= 0.3 is 0 Å². The maximum Gasteiger partial charge on any atom is 0.0999 e. The first-order chi connectivity index (χ1) is 9.78. The number of aromatic nitrogens is 1. The van der Waals surface area contributed by atoms with Gasteiger partial charge in [0, 0.05) is 16.3 Å². The van der Waals surface area contributed by atoms with Gasteiger partial charge in [0.05, 0.1) is 22.7 Å². The summed E-state index contributed by atoms with van der Waals surface area (Å²) >= 11 is 0. The standard InChI is InChI=1S/C18H12N2/c1-12-6-7-17-13(8-12)9-15-10-14(11-19)16-4-2-3-5-18(16)20(15)17/h2-10H,1H3. The Morgan fingerprint density at radius 2 is 1.80 bits per heavy atom. The largest absolute Gasteiger partial charge is 0.309 e. The molecule has 20 heavy (non-hydrogen) atoms. The van der Waals surface area contributed by atoms with Crippen molar-refractivity contribution >= 4 is 27.3 Å². The van der Waals surface area contributed by atoms with Crippen molar-refractivity contribution in [1.82, 2.24) is 4.40 Å². The summed E-state index contributed by atoms with van der Waals surface area (Å²) in [5, 5.41) is 11.6. The van der Waals surface area contributed by atoms with Crippen LogP contribution in [0.25, 0.3) is 27.3 Å². The lowest BCUT2D eigenvalue weighted by Gasteiger charge is -2.06. The number of aryl methyl sites for hydroxylation is 1.